The molecule has 1 aromatic heterocycles. The van der Waals surface area contributed by atoms with Crippen LogP contribution in [-0.2, 0) is 14.3 Å². The van der Waals surface area contributed by atoms with E-state index in [4.69, 9.17) is 18.9 Å². The smallest absolute Gasteiger partial charge is 0.229 e. The molecule has 4 rings (SSSR count). The number of piperidine rings is 1. The molecule has 10 nitrogen and oxygen atoms in total. The van der Waals surface area contributed by atoms with E-state index in [2.05, 4.69) is 20.6 Å². The number of aromatic nitrogens is 2. The third-order valence-electron chi connectivity index (χ3n) is 5.49. The van der Waals surface area contributed by atoms with Crippen LogP contribution in [0.2, 0.25) is 0 Å². The molecule has 1 unspecified atom stereocenters. The van der Waals surface area contributed by atoms with Gasteiger partial charge in [-0.1, -0.05) is 0 Å². The Labute approximate surface area is 203 Å². The van der Waals surface area contributed by atoms with Gasteiger partial charge in [0.25, 0.3) is 0 Å². The molecule has 188 valence electrons. The summed E-state index contributed by atoms with van der Waals surface area (Å²) in [5.41, 5.74) is 0.655. The molecule has 0 aliphatic carbocycles. The van der Waals surface area contributed by atoms with Gasteiger partial charge in [0, 0.05) is 24.5 Å². The molecule has 3 heterocycles. The average molecular weight is 488 g/mol. The zero-order chi connectivity index (χ0) is 24.3. The number of allylic oxidation sites excluding steroid dienone is 1. The van der Waals surface area contributed by atoms with E-state index in [9.17, 15) is 9.18 Å². The number of anilines is 3. The van der Waals surface area contributed by atoms with Gasteiger partial charge in [0.1, 0.15) is 19.5 Å². The Morgan fingerprint density at radius 2 is 1.80 bits per heavy atom. The second kappa shape index (κ2) is 12.9. The molecule has 0 saturated carbocycles. The van der Waals surface area contributed by atoms with Crippen LogP contribution in [0.15, 0.2) is 36.7 Å². The second-order valence-electron chi connectivity index (χ2n) is 7.97. The maximum Gasteiger partial charge on any atom is 0.229 e. The summed E-state index contributed by atoms with van der Waals surface area (Å²) in [5, 5.41) is 6.24. The van der Waals surface area contributed by atoms with Crippen molar-refractivity contribution in [2.24, 2.45) is 0 Å². The fourth-order valence-electron chi connectivity index (χ4n) is 3.81. The van der Waals surface area contributed by atoms with Crippen molar-refractivity contribution in [3.05, 3.63) is 42.5 Å². The van der Waals surface area contributed by atoms with Crippen molar-refractivity contribution in [1.29, 1.82) is 0 Å². The molecule has 2 aliphatic rings. The van der Waals surface area contributed by atoms with Crippen LogP contribution in [0.3, 0.4) is 0 Å². The lowest BCUT2D eigenvalue weighted by atomic mass is 10.1. The number of carbonyl (C=O) groups is 1. The first-order valence-corrected chi connectivity index (χ1v) is 11.7. The number of carbonyl (C=O) groups excluding carboxylic acids is 1. The minimum absolute atomic E-state index is 0.0851. The van der Waals surface area contributed by atoms with Gasteiger partial charge >= 0.3 is 0 Å². The van der Waals surface area contributed by atoms with Crippen molar-refractivity contribution in [1.82, 2.24) is 14.9 Å². The fraction of sp³-hybridized carbons (Fsp3) is 0.458. The van der Waals surface area contributed by atoms with E-state index in [1.165, 1.54) is 6.08 Å². The molecule has 1 atom stereocenters. The van der Waals surface area contributed by atoms with Crippen molar-refractivity contribution >= 4 is 23.7 Å². The first-order valence-electron chi connectivity index (χ1n) is 11.7. The summed E-state index contributed by atoms with van der Waals surface area (Å²) in [6, 6.07) is 5.36. The number of hydrogen-bond acceptors (Lipinski definition) is 10. The van der Waals surface area contributed by atoms with E-state index in [1.54, 1.807) is 24.4 Å². The monoisotopic (exact) mass is 487 g/mol. The molecule has 0 spiro atoms. The van der Waals surface area contributed by atoms with Gasteiger partial charge in [-0.3, -0.25) is 4.79 Å². The highest BCUT2D eigenvalue weighted by atomic mass is 19.1. The number of benzene rings is 1. The SMILES string of the molecule is O=CC=CN1CCCCC1Nc1nc(Nc2ccc3c(c2)OCCOCCOCCO3)ncc1F. The normalized spacial score (nSPS) is 19.5. The summed E-state index contributed by atoms with van der Waals surface area (Å²) in [4.78, 5) is 21.1. The third kappa shape index (κ3) is 7.27. The molecule has 1 aromatic carbocycles. The number of rotatable bonds is 6. The van der Waals surface area contributed by atoms with Crippen LogP contribution in [0.4, 0.5) is 21.8 Å². The molecule has 2 N–H and O–H groups in total. The van der Waals surface area contributed by atoms with E-state index in [1.807, 2.05) is 4.90 Å². The number of nitrogens with zero attached hydrogens (tertiary/aromatic N) is 3. The Balaban J connectivity index is 1.47. The van der Waals surface area contributed by atoms with Crippen LogP contribution < -0.4 is 20.1 Å². The predicted molar refractivity (Wildman–Crippen MR) is 128 cm³/mol. The molecule has 0 radical (unpaired) electrons. The number of halogens is 1. The number of hydrogen-bond donors (Lipinski definition) is 2. The van der Waals surface area contributed by atoms with Crippen LogP contribution in [0.25, 0.3) is 0 Å². The second-order valence-corrected chi connectivity index (χ2v) is 7.97. The van der Waals surface area contributed by atoms with E-state index in [-0.39, 0.29) is 17.9 Å². The first-order chi connectivity index (χ1) is 17.2. The van der Waals surface area contributed by atoms with Crippen LogP contribution in [0.5, 0.6) is 11.5 Å². The summed E-state index contributed by atoms with van der Waals surface area (Å²) < 4.78 is 37.1. The van der Waals surface area contributed by atoms with Gasteiger partial charge in [0.05, 0.1) is 38.8 Å². The van der Waals surface area contributed by atoms with Gasteiger partial charge < -0.3 is 34.5 Å². The summed E-state index contributed by atoms with van der Waals surface area (Å²) in [6.07, 6.45) is 7.62. The Morgan fingerprint density at radius 3 is 2.60 bits per heavy atom. The van der Waals surface area contributed by atoms with Crippen molar-refractivity contribution in [3.8, 4) is 11.5 Å². The van der Waals surface area contributed by atoms with E-state index in [0.29, 0.717) is 56.8 Å². The Kier molecular flexibility index (Phi) is 9.07. The maximum atomic E-state index is 14.5. The Hall–Kier alpha value is -3.44. The topological polar surface area (TPSA) is 107 Å². The highest BCUT2D eigenvalue weighted by Crippen LogP contribution is 2.32. The number of likely N-dealkylation sites (tertiary alicyclic amines) is 1. The standard InChI is InChI=1S/C24H30FN5O5/c25-19-17-26-24(29-23(19)28-22-4-1-2-7-30(22)8-3-9-31)27-18-5-6-20-21(16-18)35-15-13-33-11-10-32-12-14-34-20/h3,5-6,8-9,16-17,22H,1-2,4,7,10-15H2,(H2,26,27,28,29). The van der Waals surface area contributed by atoms with Crippen LogP contribution in [0, 0.1) is 5.82 Å². The molecular formula is C24H30FN5O5. The largest absolute Gasteiger partial charge is 0.487 e. The van der Waals surface area contributed by atoms with E-state index in [0.717, 1.165) is 38.3 Å². The number of ether oxygens (including phenoxy) is 4. The minimum atomic E-state index is -0.558. The van der Waals surface area contributed by atoms with Crippen molar-refractivity contribution < 1.29 is 28.1 Å². The van der Waals surface area contributed by atoms with Crippen LogP contribution in [-0.4, -0.2) is 73.5 Å². The zero-order valence-electron chi connectivity index (χ0n) is 19.5. The molecule has 2 aromatic rings. The van der Waals surface area contributed by atoms with Crippen molar-refractivity contribution in [2.45, 2.75) is 25.4 Å². The Bertz CT molecular complexity index is 1010. The van der Waals surface area contributed by atoms with Crippen molar-refractivity contribution in [2.75, 3.05) is 56.8 Å². The van der Waals surface area contributed by atoms with Gasteiger partial charge in [0.2, 0.25) is 5.95 Å². The van der Waals surface area contributed by atoms with Crippen molar-refractivity contribution in [3.63, 3.8) is 0 Å². The molecule has 1 saturated heterocycles. The quantitative estimate of drug-likeness (QED) is 0.466. The zero-order valence-corrected chi connectivity index (χ0v) is 19.5. The number of aldehydes is 1. The molecule has 11 heteroatoms. The summed E-state index contributed by atoms with van der Waals surface area (Å²) in [5.74, 6) is 0.881. The predicted octanol–water partition coefficient (Wildman–Crippen LogP) is 3.10. The fourth-order valence-corrected chi connectivity index (χ4v) is 3.81. The van der Waals surface area contributed by atoms with E-state index >= 15 is 0 Å². The van der Waals surface area contributed by atoms with Crippen LogP contribution >= 0.6 is 0 Å². The number of fused-ring (bicyclic) bond motifs is 1. The lowest BCUT2D eigenvalue weighted by Gasteiger charge is -2.35. The van der Waals surface area contributed by atoms with Gasteiger partial charge in [-0.25, -0.2) is 9.37 Å². The number of nitrogens with one attached hydrogen (secondary N) is 2. The summed E-state index contributed by atoms with van der Waals surface area (Å²) >= 11 is 0. The highest BCUT2D eigenvalue weighted by molar-refractivity contribution is 5.64. The molecular weight excluding hydrogens is 457 g/mol. The highest BCUT2D eigenvalue weighted by Gasteiger charge is 2.21. The molecule has 0 amide bonds. The summed E-state index contributed by atoms with van der Waals surface area (Å²) in [7, 11) is 0. The lowest BCUT2D eigenvalue weighted by molar-refractivity contribution is -0.104. The van der Waals surface area contributed by atoms with Gasteiger partial charge in [0.15, 0.2) is 23.1 Å². The van der Waals surface area contributed by atoms with Gasteiger partial charge in [-0.2, -0.15) is 4.98 Å². The first kappa shape index (κ1) is 24.7. The Morgan fingerprint density at radius 1 is 1.03 bits per heavy atom. The minimum Gasteiger partial charge on any atom is -0.487 e. The third-order valence-corrected chi connectivity index (χ3v) is 5.49. The van der Waals surface area contributed by atoms with Crippen LogP contribution in [0.1, 0.15) is 19.3 Å². The molecule has 2 aliphatic heterocycles. The maximum absolute atomic E-state index is 14.5. The van der Waals surface area contributed by atoms with Gasteiger partial charge in [-0.15, -0.1) is 0 Å². The van der Waals surface area contributed by atoms with E-state index < -0.39 is 5.82 Å². The average Bonchev–Trinajstić information content (AvgIpc) is 2.86. The molecule has 1 fully saturated rings. The lowest BCUT2D eigenvalue weighted by Crippen LogP contribution is -2.41. The molecule has 35 heavy (non-hydrogen) atoms. The molecule has 0 bridgehead atoms. The summed E-state index contributed by atoms with van der Waals surface area (Å²) in [6.45, 7) is 3.41. The van der Waals surface area contributed by atoms with Gasteiger partial charge in [-0.05, 0) is 37.5 Å².